The molecule has 0 saturated carbocycles. The minimum Gasteiger partial charge on any atom is -0.480 e. The smallest absolute Gasteiger partial charge is 0.326 e. The molecule has 0 radical (unpaired) electrons. The van der Waals surface area contributed by atoms with Crippen LogP contribution in [0.5, 0.6) is 11.5 Å². The molecular weight excluding hydrogens is 538 g/mol. The van der Waals surface area contributed by atoms with Crippen LogP contribution in [-0.2, 0) is 19.2 Å². The maximum atomic E-state index is 12.6. The molecular formula is C20H20Cl4N2O8. The fraction of sp³-hybridized carbons (Fsp3) is 0.500. The molecule has 2 saturated heterocycles. The van der Waals surface area contributed by atoms with E-state index in [0.29, 0.717) is 25.7 Å². The van der Waals surface area contributed by atoms with E-state index in [1.54, 1.807) is 0 Å². The number of ether oxygens (including phenoxy) is 2. The van der Waals surface area contributed by atoms with Crippen LogP contribution in [0.2, 0.25) is 20.1 Å². The van der Waals surface area contributed by atoms with Gasteiger partial charge in [0, 0.05) is 13.1 Å². The molecule has 0 aromatic heterocycles. The van der Waals surface area contributed by atoms with Crippen molar-refractivity contribution in [3.8, 4) is 11.5 Å². The standard InChI is InChI=1S/C20H20Cl4N2O8/c21-13-14(22)16(24)18(34-8-12(28)26-6-2-4-10(26)20(31)32)17(15(13)23)33-7-11(27)25-5-1-3-9(25)19(29)30/h9-10H,1-8H2,(H,29,30)(H,31,32)/t9-,10-/m1/s1. The van der Waals surface area contributed by atoms with E-state index in [9.17, 15) is 29.4 Å². The predicted molar refractivity (Wildman–Crippen MR) is 122 cm³/mol. The zero-order chi connectivity index (χ0) is 25.2. The maximum Gasteiger partial charge on any atom is 0.326 e. The summed E-state index contributed by atoms with van der Waals surface area (Å²) in [6, 6.07) is -1.92. The average Bonchev–Trinajstić information content (AvgIpc) is 3.48. The molecule has 10 nitrogen and oxygen atoms in total. The van der Waals surface area contributed by atoms with E-state index in [-0.39, 0.29) is 44.7 Å². The molecule has 0 aliphatic carbocycles. The van der Waals surface area contributed by atoms with Gasteiger partial charge in [-0.2, -0.15) is 0 Å². The highest BCUT2D eigenvalue weighted by Crippen LogP contribution is 2.50. The highest BCUT2D eigenvalue weighted by Gasteiger charge is 2.36. The quantitative estimate of drug-likeness (QED) is 0.367. The maximum absolute atomic E-state index is 12.6. The van der Waals surface area contributed by atoms with Gasteiger partial charge in [0.25, 0.3) is 11.8 Å². The highest BCUT2D eigenvalue weighted by molar-refractivity contribution is 6.53. The molecule has 2 atom stereocenters. The molecule has 186 valence electrons. The van der Waals surface area contributed by atoms with Gasteiger partial charge in [-0.15, -0.1) is 0 Å². The summed E-state index contributed by atoms with van der Waals surface area (Å²) in [6.45, 7) is -0.689. The molecule has 2 aliphatic rings. The summed E-state index contributed by atoms with van der Waals surface area (Å²) in [7, 11) is 0. The van der Waals surface area contributed by atoms with E-state index in [0.717, 1.165) is 0 Å². The lowest BCUT2D eigenvalue weighted by atomic mass is 10.2. The lowest BCUT2D eigenvalue weighted by molar-refractivity contribution is -0.149. The largest absolute Gasteiger partial charge is 0.480 e. The Morgan fingerprint density at radius 3 is 1.38 bits per heavy atom. The van der Waals surface area contributed by atoms with E-state index in [2.05, 4.69) is 0 Å². The number of nitrogens with zero attached hydrogens (tertiary/aromatic N) is 2. The Kier molecular flexibility index (Phi) is 8.62. The number of carboxylic acids is 2. The third-order valence-electron chi connectivity index (χ3n) is 5.58. The van der Waals surface area contributed by atoms with Crippen LogP contribution in [0.25, 0.3) is 0 Å². The van der Waals surface area contributed by atoms with Crippen LogP contribution in [0, 0.1) is 0 Å². The number of hydrogen-bond acceptors (Lipinski definition) is 6. The third kappa shape index (κ3) is 5.40. The van der Waals surface area contributed by atoms with Gasteiger partial charge in [-0.25, -0.2) is 9.59 Å². The van der Waals surface area contributed by atoms with E-state index in [1.807, 2.05) is 0 Å². The molecule has 0 spiro atoms. The third-order valence-corrected chi connectivity index (χ3v) is 7.35. The fourth-order valence-electron chi connectivity index (χ4n) is 3.93. The van der Waals surface area contributed by atoms with Crippen molar-refractivity contribution in [1.82, 2.24) is 9.80 Å². The van der Waals surface area contributed by atoms with Crippen LogP contribution in [0.15, 0.2) is 0 Å². The summed E-state index contributed by atoms with van der Waals surface area (Å²) in [4.78, 5) is 50.2. The van der Waals surface area contributed by atoms with E-state index in [4.69, 9.17) is 55.9 Å². The van der Waals surface area contributed by atoms with Gasteiger partial charge in [-0.05, 0) is 25.7 Å². The summed E-state index contributed by atoms with van der Waals surface area (Å²) in [5.41, 5.74) is 0. The Balaban J connectivity index is 1.78. The van der Waals surface area contributed by atoms with Crippen molar-refractivity contribution in [3.05, 3.63) is 20.1 Å². The van der Waals surface area contributed by atoms with Crippen molar-refractivity contribution in [2.45, 2.75) is 37.8 Å². The summed E-state index contributed by atoms with van der Waals surface area (Å²) >= 11 is 24.6. The van der Waals surface area contributed by atoms with E-state index < -0.39 is 49.1 Å². The number of carbonyl (C=O) groups excluding carboxylic acids is 2. The fourth-order valence-corrected chi connectivity index (χ4v) is 4.85. The first-order chi connectivity index (χ1) is 16.0. The second-order valence-electron chi connectivity index (χ2n) is 7.66. The van der Waals surface area contributed by atoms with Crippen molar-refractivity contribution >= 4 is 70.2 Å². The minimum atomic E-state index is -1.12. The molecule has 14 heteroatoms. The minimum absolute atomic E-state index is 0.176. The Morgan fingerprint density at radius 2 is 1.06 bits per heavy atom. The number of carbonyl (C=O) groups is 4. The second kappa shape index (κ2) is 11.1. The molecule has 34 heavy (non-hydrogen) atoms. The Morgan fingerprint density at radius 1 is 0.706 bits per heavy atom. The number of hydrogen-bond donors (Lipinski definition) is 2. The molecule has 2 fully saturated rings. The van der Waals surface area contributed by atoms with Gasteiger partial charge >= 0.3 is 11.9 Å². The number of likely N-dealkylation sites (tertiary alicyclic amines) is 2. The van der Waals surface area contributed by atoms with Gasteiger partial charge in [0.1, 0.15) is 22.1 Å². The van der Waals surface area contributed by atoms with Gasteiger partial charge < -0.3 is 29.5 Å². The van der Waals surface area contributed by atoms with Gasteiger partial charge in [0.15, 0.2) is 24.7 Å². The number of rotatable bonds is 8. The van der Waals surface area contributed by atoms with Crippen molar-refractivity contribution in [2.75, 3.05) is 26.3 Å². The number of benzene rings is 1. The van der Waals surface area contributed by atoms with Crippen LogP contribution in [0.4, 0.5) is 0 Å². The van der Waals surface area contributed by atoms with Crippen molar-refractivity contribution in [3.63, 3.8) is 0 Å². The molecule has 2 aliphatic heterocycles. The number of carboxylic acid groups (broad SMARTS) is 2. The first kappa shape index (κ1) is 26.5. The van der Waals surface area contributed by atoms with Crippen LogP contribution in [0.1, 0.15) is 25.7 Å². The lowest BCUT2D eigenvalue weighted by Gasteiger charge is -2.24. The molecule has 3 rings (SSSR count). The van der Waals surface area contributed by atoms with E-state index in [1.165, 1.54) is 9.80 Å². The summed E-state index contributed by atoms with van der Waals surface area (Å²) in [5.74, 6) is -3.97. The van der Waals surface area contributed by atoms with Crippen molar-refractivity contribution in [2.24, 2.45) is 0 Å². The number of amides is 2. The molecule has 1 aromatic carbocycles. The van der Waals surface area contributed by atoms with Crippen molar-refractivity contribution in [1.29, 1.82) is 0 Å². The zero-order valence-electron chi connectivity index (χ0n) is 17.6. The van der Waals surface area contributed by atoms with Gasteiger partial charge in [-0.1, -0.05) is 46.4 Å². The zero-order valence-corrected chi connectivity index (χ0v) is 20.6. The first-order valence-corrected chi connectivity index (χ1v) is 11.7. The molecule has 0 unspecified atom stereocenters. The number of halogens is 4. The average molecular weight is 558 g/mol. The van der Waals surface area contributed by atoms with Crippen LogP contribution >= 0.6 is 46.4 Å². The summed E-state index contributed by atoms with van der Waals surface area (Å²) < 4.78 is 11.0. The summed E-state index contributed by atoms with van der Waals surface area (Å²) in [6.07, 6.45) is 1.72. The van der Waals surface area contributed by atoms with Gasteiger partial charge in [-0.3, -0.25) is 9.59 Å². The van der Waals surface area contributed by atoms with Crippen LogP contribution in [0.3, 0.4) is 0 Å². The lowest BCUT2D eigenvalue weighted by Crippen LogP contribution is -2.43. The molecule has 0 bridgehead atoms. The Labute approximate surface area is 214 Å². The number of aliphatic carboxylic acids is 2. The second-order valence-corrected chi connectivity index (χ2v) is 9.17. The SMILES string of the molecule is O=C(O)[C@H]1CCCN1C(=O)COc1c(Cl)c(Cl)c(Cl)c(Cl)c1OCC(=O)N1CCC[C@@H]1C(=O)O. The summed E-state index contributed by atoms with van der Waals surface area (Å²) in [5, 5.41) is 17.7. The normalized spacial score (nSPS) is 19.9. The molecule has 1 aromatic rings. The Bertz CT molecular complexity index is 942. The first-order valence-electron chi connectivity index (χ1n) is 10.2. The highest BCUT2D eigenvalue weighted by atomic mass is 35.5. The van der Waals surface area contributed by atoms with Crippen LogP contribution in [-0.4, -0.2) is 82.2 Å². The monoisotopic (exact) mass is 556 g/mol. The van der Waals surface area contributed by atoms with E-state index >= 15 is 0 Å². The van der Waals surface area contributed by atoms with Crippen LogP contribution < -0.4 is 9.47 Å². The van der Waals surface area contributed by atoms with Gasteiger partial charge in [0.2, 0.25) is 0 Å². The van der Waals surface area contributed by atoms with Crippen molar-refractivity contribution < 1.29 is 38.9 Å². The van der Waals surface area contributed by atoms with Gasteiger partial charge in [0.05, 0.1) is 10.0 Å². The molecule has 2 N–H and O–H groups in total. The molecule has 2 heterocycles. The predicted octanol–water partition coefficient (Wildman–Crippen LogP) is 3.21. The Hall–Kier alpha value is -2.14. The topological polar surface area (TPSA) is 134 Å². The molecule has 2 amide bonds.